The first-order chi connectivity index (χ1) is 9.43. The molecule has 0 spiro atoms. The van der Waals surface area contributed by atoms with Gasteiger partial charge in [0.05, 0.1) is 0 Å². The first-order valence-electron chi connectivity index (χ1n) is 6.39. The zero-order valence-corrected chi connectivity index (χ0v) is 12.5. The zero-order chi connectivity index (χ0) is 14.9. The number of rotatable bonds is 5. The number of carboxylic acid groups (broad SMARTS) is 1. The van der Waals surface area contributed by atoms with Gasteiger partial charge in [0.15, 0.2) is 0 Å². The number of hydrogen-bond donors (Lipinski definition) is 1. The van der Waals surface area contributed by atoms with E-state index in [-0.39, 0.29) is 24.3 Å². The fraction of sp³-hybridized carbons (Fsp3) is 0.429. The summed E-state index contributed by atoms with van der Waals surface area (Å²) in [5, 5.41) is 9.91. The van der Waals surface area contributed by atoms with Crippen LogP contribution < -0.4 is 0 Å². The molecule has 1 aromatic rings. The third-order valence-electron chi connectivity index (χ3n) is 3.49. The second-order valence-electron chi connectivity index (χ2n) is 4.86. The first kappa shape index (κ1) is 15.1. The van der Waals surface area contributed by atoms with Crippen LogP contribution >= 0.6 is 23.2 Å². The van der Waals surface area contributed by atoms with Gasteiger partial charge in [0.1, 0.15) is 6.54 Å². The lowest BCUT2D eigenvalue weighted by atomic mass is 10.1. The van der Waals surface area contributed by atoms with E-state index in [4.69, 9.17) is 28.3 Å². The van der Waals surface area contributed by atoms with Crippen LogP contribution in [0.3, 0.4) is 0 Å². The molecular weight excluding hydrogens is 301 g/mol. The molecule has 6 heteroatoms. The van der Waals surface area contributed by atoms with Gasteiger partial charge in [-0.15, -0.1) is 0 Å². The van der Waals surface area contributed by atoms with Crippen molar-refractivity contribution in [3.8, 4) is 0 Å². The molecule has 1 amide bonds. The Hall–Kier alpha value is -1.26. The first-order valence-corrected chi connectivity index (χ1v) is 7.15. The van der Waals surface area contributed by atoms with Gasteiger partial charge in [-0.3, -0.25) is 9.59 Å². The Labute approximate surface area is 127 Å². The van der Waals surface area contributed by atoms with Crippen molar-refractivity contribution in [2.24, 2.45) is 5.92 Å². The van der Waals surface area contributed by atoms with E-state index in [0.717, 1.165) is 5.56 Å². The molecule has 0 aliphatic heterocycles. The van der Waals surface area contributed by atoms with E-state index in [0.29, 0.717) is 23.0 Å². The molecule has 1 saturated carbocycles. The summed E-state index contributed by atoms with van der Waals surface area (Å²) >= 11 is 12.0. The minimum Gasteiger partial charge on any atom is -0.480 e. The van der Waals surface area contributed by atoms with Crippen LogP contribution in [0.2, 0.25) is 10.0 Å². The summed E-state index contributed by atoms with van der Waals surface area (Å²) in [6.45, 7) is 1.91. The third kappa shape index (κ3) is 3.25. The van der Waals surface area contributed by atoms with Gasteiger partial charge in [-0.25, -0.2) is 0 Å². The number of aliphatic carboxylic acids is 1. The fourth-order valence-corrected chi connectivity index (χ4v) is 2.91. The highest BCUT2D eigenvalue weighted by molar-refractivity contribution is 6.35. The Morgan fingerprint density at radius 3 is 2.65 bits per heavy atom. The summed E-state index contributed by atoms with van der Waals surface area (Å²) in [5.74, 6) is -1.23. The number of likely N-dealkylation sites (N-methyl/N-ethyl adjacent to an activating group) is 1. The van der Waals surface area contributed by atoms with E-state index in [1.165, 1.54) is 4.90 Å². The highest BCUT2D eigenvalue weighted by atomic mass is 35.5. The van der Waals surface area contributed by atoms with E-state index in [1.54, 1.807) is 19.1 Å². The molecule has 0 heterocycles. The Kier molecular flexibility index (Phi) is 4.55. The maximum Gasteiger partial charge on any atom is 0.323 e. The smallest absolute Gasteiger partial charge is 0.323 e. The maximum absolute atomic E-state index is 12.2. The number of carbonyl (C=O) groups is 2. The van der Waals surface area contributed by atoms with E-state index in [1.807, 2.05) is 6.07 Å². The second kappa shape index (κ2) is 6.02. The lowest BCUT2D eigenvalue weighted by Crippen LogP contribution is -2.36. The number of nitrogens with zero attached hydrogens (tertiary/aromatic N) is 1. The van der Waals surface area contributed by atoms with E-state index >= 15 is 0 Å². The molecule has 0 aromatic heterocycles. The molecule has 108 valence electrons. The predicted octanol–water partition coefficient (Wildman–Crippen LogP) is 3.03. The van der Waals surface area contributed by atoms with Gasteiger partial charge >= 0.3 is 5.97 Å². The zero-order valence-electron chi connectivity index (χ0n) is 11.0. The van der Waals surface area contributed by atoms with Crippen LogP contribution in [0.4, 0.5) is 0 Å². The average molecular weight is 316 g/mol. The number of carboxylic acids is 1. The molecule has 2 atom stereocenters. The SMILES string of the molecule is CCN(CC(=O)O)C(=O)C1CC1c1ccc(Cl)cc1Cl. The second-order valence-corrected chi connectivity index (χ2v) is 5.70. The number of hydrogen-bond acceptors (Lipinski definition) is 2. The Bertz CT molecular complexity index is 547. The van der Waals surface area contributed by atoms with Gasteiger partial charge in [0.25, 0.3) is 0 Å². The summed E-state index contributed by atoms with van der Waals surface area (Å²) in [5.41, 5.74) is 0.904. The molecule has 1 aliphatic carbocycles. The lowest BCUT2D eigenvalue weighted by molar-refractivity contribution is -0.144. The molecule has 0 saturated heterocycles. The molecule has 0 bridgehead atoms. The Morgan fingerprint density at radius 2 is 2.10 bits per heavy atom. The van der Waals surface area contributed by atoms with Crippen LogP contribution in [0.1, 0.15) is 24.8 Å². The average Bonchev–Trinajstić information content (AvgIpc) is 3.15. The largest absolute Gasteiger partial charge is 0.480 e. The van der Waals surface area contributed by atoms with Gasteiger partial charge in [0, 0.05) is 22.5 Å². The molecule has 1 fully saturated rings. The van der Waals surface area contributed by atoms with Crippen molar-refractivity contribution in [3.63, 3.8) is 0 Å². The van der Waals surface area contributed by atoms with Crippen LogP contribution in [0.5, 0.6) is 0 Å². The topological polar surface area (TPSA) is 57.6 Å². The summed E-state index contributed by atoms with van der Waals surface area (Å²) < 4.78 is 0. The minimum atomic E-state index is -0.998. The van der Waals surface area contributed by atoms with Crippen LogP contribution in [0, 0.1) is 5.92 Å². The minimum absolute atomic E-state index is 0.0649. The molecule has 2 unspecified atom stereocenters. The van der Waals surface area contributed by atoms with Crippen molar-refractivity contribution >= 4 is 35.1 Å². The van der Waals surface area contributed by atoms with Crippen molar-refractivity contribution in [1.82, 2.24) is 4.90 Å². The molecule has 4 nitrogen and oxygen atoms in total. The molecule has 20 heavy (non-hydrogen) atoms. The van der Waals surface area contributed by atoms with Gasteiger partial charge in [-0.1, -0.05) is 29.3 Å². The molecule has 1 N–H and O–H groups in total. The molecule has 2 rings (SSSR count). The fourth-order valence-electron chi connectivity index (χ4n) is 2.36. The van der Waals surface area contributed by atoms with Crippen LogP contribution in [0.15, 0.2) is 18.2 Å². The normalized spacial score (nSPS) is 20.6. The Balaban J connectivity index is 2.06. The quantitative estimate of drug-likeness (QED) is 0.908. The predicted molar refractivity (Wildman–Crippen MR) is 77.2 cm³/mol. The summed E-state index contributed by atoms with van der Waals surface area (Å²) in [4.78, 5) is 24.3. The number of halogens is 2. The molecule has 1 aromatic carbocycles. The monoisotopic (exact) mass is 315 g/mol. The van der Waals surface area contributed by atoms with Crippen molar-refractivity contribution in [2.45, 2.75) is 19.3 Å². The van der Waals surface area contributed by atoms with Crippen molar-refractivity contribution in [1.29, 1.82) is 0 Å². The lowest BCUT2D eigenvalue weighted by Gasteiger charge is -2.18. The van der Waals surface area contributed by atoms with Crippen molar-refractivity contribution in [2.75, 3.05) is 13.1 Å². The highest BCUT2D eigenvalue weighted by Gasteiger charge is 2.46. The summed E-state index contributed by atoms with van der Waals surface area (Å²) in [7, 11) is 0. The van der Waals surface area contributed by atoms with Crippen LogP contribution in [-0.4, -0.2) is 35.0 Å². The van der Waals surface area contributed by atoms with Crippen molar-refractivity contribution < 1.29 is 14.7 Å². The standard InChI is InChI=1S/C14H15Cl2NO3/c1-2-17(7-13(18)19)14(20)11-6-10(11)9-4-3-8(15)5-12(9)16/h3-5,10-11H,2,6-7H2,1H3,(H,18,19). The number of amides is 1. The summed E-state index contributed by atoms with van der Waals surface area (Å²) in [6.07, 6.45) is 0.705. The Morgan fingerprint density at radius 1 is 1.40 bits per heavy atom. The molecule has 0 radical (unpaired) electrons. The van der Waals surface area contributed by atoms with E-state index in [2.05, 4.69) is 0 Å². The van der Waals surface area contributed by atoms with Gasteiger partial charge < -0.3 is 10.0 Å². The van der Waals surface area contributed by atoms with E-state index < -0.39 is 5.97 Å². The van der Waals surface area contributed by atoms with Crippen molar-refractivity contribution in [3.05, 3.63) is 33.8 Å². The van der Waals surface area contributed by atoms with E-state index in [9.17, 15) is 9.59 Å². The highest BCUT2D eigenvalue weighted by Crippen LogP contribution is 2.50. The van der Waals surface area contributed by atoms with Crippen LogP contribution in [0.25, 0.3) is 0 Å². The van der Waals surface area contributed by atoms with Gasteiger partial charge in [0.2, 0.25) is 5.91 Å². The maximum atomic E-state index is 12.2. The van der Waals surface area contributed by atoms with Gasteiger partial charge in [-0.2, -0.15) is 0 Å². The number of benzene rings is 1. The van der Waals surface area contributed by atoms with Gasteiger partial charge in [-0.05, 0) is 37.0 Å². The molecule has 1 aliphatic rings. The summed E-state index contributed by atoms with van der Waals surface area (Å²) in [6, 6.07) is 5.24. The number of carbonyl (C=O) groups excluding carboxylic acids is 1. The third-order valence-corrected chi connectivity index (χ3v) is 4.05. The molecular formula is C14H15Cl2NO3. The van der Waals surface area contributed by atoms with Crippen LogP contribution in [-0.2, 0) is 9.59 Å².